The van der Waals surface area contributed by atoms with Crippen LogP contribution in [0, 0.1) is 6.92 Å². The van der Waals surface area contributed by atoms with E-state index >= 15 is 0 Å². The topological polar surface area (TPSA) is 23.5 Å². The third-order valence-corrected chi connectivity index (χ3v) is 3.59. The number of rotatable bonds is 3. The lowest BCUT2D eigenvalue weighted by atomic mass is 9.99. The second-order valence-corrected chi connectivity index (χ2v) is 4.94. The van der Waals surface area contributed by atoms with E-state index in [2.05, 4.69) is 31.0 Å². The SMILES string of the molecule is Cc1cccc([C@H](O)C[C@@H]2CCCN2C)c1. The number of aliphatic hydroxyl groups is 1. The zero-order valence-electron chi connectivity index (χ0n) is 10.2. The van der Waals surface area contributed by atoms with Gasteiger partial charge in [-0.15, -0.1) is 0 Å². The van der Waals surface area contributed by atoms with Crippen LogP contribution in [0.1, 0.15) is 36.5 Å². The maximum atomic E-state index is 10.2. The maximum absolute atomic E-state index is 10.2. The van der Waals surface area contributed by atoms with Crippen LogP contribution in [-0.2, 0) is 0 Å². The lowest BCUT2D eigenvalue weighted by Gasteiger charge is -2.22. The predicted molar refractivity (Wildman–Crippen MR) is 66.4 cm³/mol. The summed E-state index contributed by atoms with van der Waals surface area (Å²) in [5, 5.41) is 10.2. The first-order valence-electron chi connectivity index (χ1n) is 6.11. The summed E-state index contributed by atoms with van der Waals surface area (Å²) < 4.78 is 0. The first-order valence-corrected chi connectivity index (χ1v) is 6.11. The lowest BCUT2D eigenvalue weighted by molar-refractivity contribution is 0.130. The second-order valence-electron chi connectivity index (χ2n) is 4.94. The molecule has 1 fully saturated rings. The van der Waals surface area contributed by atoms with Crippen LogP contribution in [0.3, 0.4) is 0 Å². The van der Waals surface area contributed by atoms with E-state index in [1.165, 1.54) is 24.9 Å². The molecule has 1 N–H and O–H groups in total. The third kappa shape index (κ3) is 2.63. The van der Waals surface area contributed by atoms with Gasteiger partial charge in [0.15, 0.2) is 0 Å². The second kappa shape index (κ2) is 4.98. The standard InChI is InChI=1S/C14H21NO/c1-11-5-3-6-12(9-11)14(16)10-13-7-4-8-15(13)2/h3,5-6,9,13-14,16H,4,7-8,10H2,1-2H3/t13-,14+/m0/s1. The van der Waals surface area contributed by atoms with E-state index in [9.17, 15) is 5.11 Å². The summed E-state index contributed by atoms with van der Waals surface area (Å²) in [4.78, 5) is 2.36. The molecule has 2 atom stereocenters. The Bertz CT molecular complexity index is 350. The van der Waals surface area contributed by atoms with E-state index < -0.39 is 0 Å². The van der Waals surface area contributed by atoms with E-state index in [4.69, 9.17) is 0 Å². The Morgan fingerprint density at radius 3 is 2.94 bits per heavy atom. The van der Waals surface area contributed by atoms with Crippen molar-refractivity contribution >= 4 is 0 Å². The molecule has 0 spiro atoms. The quantitative estimate of drug-likeness (QED) is 0.844. The smallest absolute Gasteiger partial charge is 0.0805 e. The molecule has 0 aliphatic carbocycles. The van der Waals surface area contributed by atoms with Crippen LogP contribution < -0.4 is 0 Å². The largest absolute Gasteiger partial charge is 0.388 e. The van der Waals surface area contributed by atoms with Crippen molar-refractivity contribution < 1.29 is 5.11 Å². The molecule has 2 nitrogen and oxygen atoms in total. The van der Waals surface area contributed by atoms with Crippen molar-refractivity contribution in [2.24, 2.45) is 0 Å². The first kappa shape index (κ1) is 11.6. The third-order valence-electron chi connectivity index (χ3n) is 3.59. The van der Waals surface area contributed by atoms with Crippen molar-refractivity contribution in [2.75, 3.05) is 13.6 Å². The Morgan fingerprint density at radius 1 is 1.50 bits per heavy atom. The summed E-state index contributed by atoms with van der Waals surface area (Å²) in [6.45, 7) is 3.24. The van der Waals surface area contributed by atoms with Crippen LogP contribution in [0.2, 0.25) is 0 Å². The van der Waals surface area contributed by atoms with Gasteiger partial charge in [0.1, 0.15) is 0 Å². The lowest BCUT2D eigenvalue weighted by Crippen LogP contribution is -2.26. The maximum Gasteiger partial charge on any atom is 0.0805 e. The number of hydrogen-bond acceptors (Lipinski definition) is 2. The summed E-state index contributed by atoms with van der Waals surface area (Å²) in [6.07, 6.45) is 3.03. The Labute approximate surface area is 97.9 Å². The molecule has 1 aromatic carbocycles. The molecule has 0 unspecified atom stereocenters. The molecule has 2 heteroatoms. The summed E-state index contributed by atoms with van der Waals surface area (Å²) in [5.41, 5.74) is 2.27. The van der Waals surface area contributed by atoms with E-state index in [1.807, 2.05) is 12.1 Å². The molecule has 0 saturated carbocycles. The van der Waals surface area contributed by atoms with Crippen molar-refractivity contribution in [1.82, 2.24) is 4.90 Å². The highest BCUT2D eigenvalue weighted by atomic mass is 16.3. The summed E-state index contributed by atoms with van der Waals surface area (Å²) in [7, 11) is 2.15. The molecule has 0 radical (unpaired) electrons. The van der Waals surface area contributed by atoms with Crippen molar-refractivity contribution in [3.8, 4) is 0 Å². The Hall–Kier alpha value is -0.860. The van der Waals surface area contributed by atoms with Crippen LogP contribution in [0.25, 0.3) is 0 Å². The zero-order chi connectivity index (χ0) is 11.5. The van der Waals surface area contributed by atoms with Crippen LogP contribution in [0.4, 0.5) is 0 Å². The van der Waals surface area contributed by atoms with Crippen molar-refractivity contribution in [3.05, 3.63) is 35.4 Å². The van der Waals surface area contributed by atoms with Crippen molar-refractivity contribution in [2.45, 2.75) is 38.3 Å². The van der Waals surface area contributed by atoms with Crippen molar-refractivity contribution in [3.63, 3.8) is 0 Å². The Kier molecular flexibility index (Phi) is 3.62. The zero-order valence-corrected chi connectivity index (χ0v) is 10.2. The molecule has 1 aliphatic rings. The fraction of sp³-hybridized carbons (Fsp3) is 0.571. The van der Waals surface area contributed by atoms with Gasteiger partial charge in [-0.3, -0.25) is 0 Å². The fourth-order valence-corrected chi connectivity index (χ4v) is 2.55. The van der Waals surface area contributed by atoms with E-state index in [-0.39, 0.29) is 6.10 Å². The summed E-state index contributed by atoms with van der Waals surface area (Å²) in [5.74, 6) is 0. The van der Waals surface area contributed by atoms with Crippen LogP contribution in [-0.4, -0.2) is 29.6 Å². The molecular formula is C14H21NO. The highest BCUT2D eigenvalue weighted by Crippen LogP contribution is 2.26. The molecular weight excluding hydrogens is 198 g/mol. The fourth-order valence-electron chi connectivity index (χ4n) is 2.55. The molecule has 0 bridgehead atoms. The van der Waals surface area contributed by atoms with Gasteiger partial charge in [0.05, 0.1) is 6.10 Å². The van der Waals surface area contributed by atoms with Crippen LogP contribution >= 0.6 is 0 Å². The van der Waals surface area contributed by atoms with Crippen LogP contribution in [0.5, 0.6) is 0 Å². The highest BCUT2D eigenvalue weighted by Gasteiger charge is 2.24. The van der Waals surface area contributed by atoms with Gasteiger partial charge >= 0.3 is 0 Å². The number of benzene rings is 1. The van der Waals surface area contributed by atoms with Gasteiger partial charge in [-0.25, -0.2) is 0 Å². The first-order chi connectivity index (χ1) is 7.66. The van der Waals surface area contributed by atoms with Gasteiger partial charge in [0, 0.05) is 6.04 Å². The molecule has 1 saturated heterocycles. The number of hydrogen-bond donors (Lipinski definition) is 1. The molecule has 88 valence electrons. The van der Waals surface area contributed by atoms with Gasteiger partial charge < -0.3 is 10.0 Å². The average Bonchev–Trinajstić information content (AvgIpc) is 2.64. The summed E-state index contributed by atoms with van der Waals surface area (Å²) >= 11 is 0. The number of aryl methyl sites for hydroxylation is 1. The molecule has 1 aliphatic heterocycles. The number of nitrogens with zero attached hydrogens (tertiary/aromatic N) is 1. The van der Waals surface area contributed by atoms with Gasteiger partial charge in [0.25, 0.3) is 0 Å². The van der Waals surface area contributed by atoms with E-state index in [1.54, 1.807) is 0 Å². The molecule has 0 aromatic heterocycles. The van der Waals surface area contributed by atoms with Crippen LogP contribution in [0.15, 0.2) is 24.3 Å². The minimum absolute atomic E-state index is 0.314. The highest BCUT2D eigenvalue weighted by molar-refractivity contribution is 5.24. The Morgan fingerprint density at radius 2 is 2.31 bits per heavy atom. The van der Waals surface area contributed by atoms with E-state index in [0.717, 1.165) is 12.0 Å². The summed E-state index contributed by atoms with van der Waals surface area (Å²) in [6, 6.07) is 8.74. The minimum Gasteiger partial charge on any atom is -0.388 e. The van der Waals surface area contributed by atoms with Gasteiger partial charge in [-0.05, 0) is 45.3 Å². The molecule has 1 aromatic rings. The molecule has 16 heavy (non-hydrogen) atoms. The van der Waals surface area contributed by atoms with Gasteiger partial charge in [-0.1, -0.05) is 29.8 Å². The average molecular weight is 219 g/mol. The van der Waals surface area contributed by atoms with E-state index in [0.29, 0.717) is 6.04 Å². The number of aliphatic hydroxyl groups excluding tert-OH is 1. The minimum atomic E-state index is -0.314. The Balaban J connectivity index is 1.99. The monoisotopic (exact) mass is 219 g/mol. The van der Waals surface area contributed by atoms with Gasteiger partial charge in [-0.2, -0.15) is 0 Å². The number of likely N-dealkylation sites (tertiary alicyclic amines) is 1. The molecule has 0 amide bonds. The van der Waals surface area contributed by atoms with Crippen molar-refractivity contribution in [1.29, 1.82) is 0 Å². The van der Waals surface area contributed by atoms with Gasteiger partial charge in [0.2, 0.25) is 0 Å². The molecule has 2 rings (SSSR count). The predicted octanol–water partition coefficient (Wildman–Crippen LogP) is 2.51. The normalized spacial score (nSPS) is 23.6. The molecule has 1 heterocycles.